The van der Waals surface area contributed by atoms with Crippen molar-refractivity contribution >= 4 is 27.7 Å². The summed E-state index contributed by atoms with van der Waals surface area (Å²) in [6.07, 6.45) is 10.1. The van der Waals surface area contributed by atoms with Gasteiger partial charge in [-0.25, -0.2) is 0 Å². The molecule has 1 aliphatic heterocycles. The zero-order valence-electron chi connectivity index (χ0n) is 20.5. The lowest BCUT2D eigenvalue weighted by Gasteiger charge is -2.42. The number of H-pyrrole nitrogens is 1. The summed E-state index contributed by atoms with van der Waals surface area (Å²) in [6, 6.07) is 4.44. The minimum Gasteiger partial charge on any atom is -0.391 e. The van der Waals surface area contributed by atoms with Crippen LogP contribution in [-0.4, -0.2) is 73.9 Å². The first-order valence-electron chi connectivity index (χ1n) is 13.3. The van der Waals surface area contributed by atoms with Crippen molar-refractivity contribution in [1.82, 2.24) is 24.6 Å². The van der Waals surface area contributed by atoms with Gasteiger partial charge in [0.05, 0.1) is 34.8 Å². The number of fused-ring (bicyclic) bond motifs is 3. The van der Waals surface area contributed by atoms with Gasteiger partial charge < -0.3 is 15.0 Å². The van der Waals surface area contributed by atoms with Gasteiger partial charge in [0, 0.05) is 43.2 Å². The minimum absolute atomic E-state index is 0.0412. The molecule has 8 nitrogen and oxygen atoms in total. The summed E-state index contributed by atoms with van der Waals surface area (Å²) in [7, 11) is 0. The number of rotatable bonds is 3. The predicted molar refractivity (Wildman–Crippen MR) is 136 cm³/mol. The molecule has 2 saturated carbocycles. The molecule has 3 heterocycles. The van der Waals surface area contributed by atoms with Crippen molar-refractivity contribution < 1.29 is 9.90 Å². The molecule has 6 rings (SSSR count). The first-order valence-corrected chi connectivity index (χ1v) is 13.3. The van der Waals surface area contributed by atoms with E-state index in [4.69, 9.17) is 0 Å². The number of aromatic amines is 1. The molecule has 0 spiro atoms. The summed E-state index contributed by atoms with van der Waals surface area (Å²) in [4.78, 5) is 33.8. The summed E-state index contributed by atoms with van der Waals surface area (Å²) in [5.74, 6) is 0.0412. The molecule has 2 atom stereocenters. The normalized spacial score (nSPS) is 24.6. The van der Waals surface area contributed by atoms with Crippen LogP contribution in [0.2, 0.25) is 0 Å². The van der Waals surface area contributed by atoms with Gasteiger partial charge in [-0.1, -0.05) is 25.7 Å². The highest BCUT2D eigenvalue weighted by Crippen LogP contribution is 2.34. The Balaban J connectivity index is 1.31. The average Bonchev–Trinajstić information content (AvgIpc) is 3.54. The summed E-state index contributed by atoms with van der Waals surface area (Å²) in [5, 5.41) is 16.5. The van der Waals surface area contributed by atoms with E-state index in [0.717, 1.165) is 67.2 Å². The van der Waals surface area contributed by atoms with E-state index in [0.29, 0.717) is 30.1 Å². The first-order chi connectivity index (χ1) is 17.0. The Hall–Kier alpha value is -2.71. The SMILES string of the molecule is Cc1cc2[nH]c(=O)c3cnn(C4CCCC4)c3c2cc1C(=O)N1CCN([C@@H]2CCCC[C@H]2O)CC1. The molecule has 2 aromatic heterocycles. The van der Waals surface area contributed by atoms with Crippen molar-refractivity contribution in [3.63, 3.8) is 0 Å². The molecule has 0 bridgehead atoms. The number of nitrogens with zero attached hydrogens (tertiary/aromatic N) is 4. The molecule has 1 amide bonds. The molecule has 1 aromatic carbocycles. The summed E-state index contributed by atoms with van der Waals surface area (Å²) >= 11 is 0. The second kappa shape index (κ2) is 9.06. The Labute approximate surface area is 204 Å². The van der Waals surface area contributed by atoms with Crippen LogP contribution in [0.25, 0.3) is 21.8 Å². The van der Waals surface area contributed by atoms with Crippen LogP contribution in [0, 0.1) is 6.92 Å². The maximum Gasteiger partial charge on any atom is 0.259 e. The van der Waals surface area contributed by atoms with E-state index in [1.807, 2.05) is 28.6 Å². The van der Waals surface area contributed by atoms with Gasteiger partial charge in [0.1, 0.15) is 0 Å². The molecule has 186 valence electrons. The third kappa shape index (κ3) is 3.96. The predicted octanol–water partition coefficient (Wildman–Crippen LogP) is 3.36. The van der Waals surface area contributed by atoms with Crippen LogP contribution in [0.15, 0.2) is 23.1 Å². The lowest BCUT2D eigenvalue weighted by atomic mass is 9.91. The highest BCUT2D eigenvalue weighted by Gasteiger charge is 2.32. The number of benzene rings is 1. The van der Waals surface area contributed by atoms with Gasteiger partial charge in [-0.3, -0.25) is 19.2 Å². The topological polar surface area (TPSA) is 94.5 Å². The number of aliphatic hydroxyl groups is 1. The number of hydrogen-bond acceptors (Lipinski definition) is 5. The fourth-order valence-corrected chi connectivity index (χ4v) is 6.59. The lowest BCUT2D eigenvalue weighted by molar-refractivity contribution is -0.00173. The maximum atomic E-state index is 13.7. The largest absolute Gasteiger partial charge is 0.391 e. The number of carbonyl (C=O) groups is 1. The highest BCUT2D eigenvalue weighted by atomic mass is 16.3. The molecular weight excluding hydrogens is 442 g/mol. The number of aryl methyl sites for hydroxylation is 1. The molecule has 3 aliphatic rings. The second-order valence-electron chi connectivity index (χ2n) is 10.7. The van der Waals surface area contributed by atoms with Crippen molar-refractivity contribution in [2.24, 2.45) is 0 Å². The van der Waals surface area contributed by atoms with Gasteiger partial charge >= 0.3 is 0 Å². The van der Waals surface area contributed by atoms with Crippen LogP contribution in [0.4, 0.5) is 0 Å². The average molecular weight is 478 g/mol. The van der Waals surface area contributed by atoms with Crippen molar-refractivity contribution in [2.75, 3.05) is 26.2 Å². The minimum atomic E-state index is -0.247. The number of amides is 1. The molecule has 0 radical (unpaired) electrons. The van der Waals surface area contributed by atoms with Crippen LogP contribution in [0.1, 0.15) is 73.3 Å². The molecule has 2 N–H and O–H groups in total. The van der Waals surface area contributed by atoms with Gasteiger partial charge in [-0.2, -0.15) is 5.10 Å². The van der Waals surface area contributed by atoms with Crippen LogP contribution in [-0.2, 0) is 0 Å². The van der Waals surface area contributed by atoms with Crippen molar-refractivity contribution in [2.45, 2.75) is 76.5 Å². The van der Waals surface area contributed by atoms with E-state index in [2.05, 4.69) is 15.0 Å². The summed E-state index contributed by atoms with van der Waals surface area (Å²) in [5.41, 5.74) is 3.04. The number of hydrogen-bond donors (Lipinski definition) is 2. The summed E-state index contributed by atoms with van der Waals surface area (Å²) in [6.45, 7) is 4.87. The molecule has 2 aliphatic carbocycles. The van der Waals surface area contributed by atoms with Gasteiger partial charge in [-0.15, -0.1) is 0 Å². The zero-order chi connectivity index (χ0) is 24.1. The standard InChI is InChI=1S/C27H35N5O3/c1-17-14-22-20(25-21(26(34)29-22)16-28-32(25)18-6-2-3-7-18)15-19(17)27(35)31-12-10-30(11-13-31)23-8-4-5-9-24(23)33/h14-16,18,23-24,33H,2-13H2,1H3,(H,29,34)/t23-,24-/m1/s1. The zero-order valence-corrected chi connectivity index (χ0v) is 20.5. The molecule has 1 saturated heterocycles. The molecule has 35 heavy (non-hydrogen) atoms. The number of pyridine rings is 1. The van der Waals surface area contributed by atoms with Crippen LogP contribution in [0.5, 0.6) is 0 Å². The van der Waals surface area contributed by atoms with Gasteiger partial charge in [-0.05, 0) is 50.3 Å². The number of carbonyl (C=O) groups excluding carboxylic acids is 1. The third-order valence-corrected chi connectivity index (χ3v) is 8.57. The van der Waals surface area contributed by atoms with Crippen molar-refractivity contribution in [3.05, 3.63) is 39.8 Å². The number of aliphatic hydroxyl groups excluding tert-OH is 1. The third-order valence-electron chi connectivity index (χ3n) is 8.57. The van der Waals surface area contributed by atoms with Crippen LogP contribution in [0.3, 0.4) is 0 Å². The van der Waals surface area contributed by atoms with E-state index in [1.165, 1.54) is 19.3 Å². The lowest BCUT2D eigenvalue weighted by Crippen LogP contribution is -2.55. The smallest absolute Gasteiger partial charge is 0.259 e. The molecule has 3 fully saturated rings. The number of aromatic nitrogens is 3. The van der Waals surface area contributed by atoms with Crippen molar-refractivity contribution in [3.8, 4) is 0 Å². The Morgan fingerprint density at radius 3 is 2.46 bits per heavy atom. The molecule has 8 heteroatoms. The van der Waals surface area contributed by atoms with E-state index in [9.17, 15) is 14.7 Å². The second-order valence-corrected chi connectivity index (χ2v) is 10.7. The van der Waals surface area contributed by atoms with Gasteiger partial charge in [0.2, 0.25) is 0 Å². The molecular formula is C27H35N5O3. The first kappa shape index (κ1) is 22.7. The summed E-state index contributed by atoms with van der Waals surface area (Å²) < 4.78 is 2.03. The van der Waals surface area contributed by atoms with Gasteiger partial charge in [0.25, 0.3) is 11.5 Å². The quantitative estimate of drug-likeness (QED) is 0.603. The van der Waals surface area contributed by atoms with Crippen molar-refractivity contribution in [1.29, 1.82) is 0 Å². The van der Waals surface area contributed by atoms with E-state index in [-0.39, 0.29) is 23.6 Å². The van der Waals surface area contributed by atoms with Crippen LogP contribution >= 0.6 is 0 Å². The maximum absolute atomic E-state index is 13.7. The van der Waals surface area contributed by atoms with E-state index < -0.39 is 0 Å². The Morgan fingerprint density at radius 1 is 1.00 bits per heavy atom. The molecule has 0 unspecified atom stereocenters. The van der Waals surface area contributed by atoms with Crippen LogP contribution < -0.4 is 5.56 Å². The Bertz CT molecular complexity index is 1310. The monoisotopic (exact) mass is 477 g/mol. The number of nitrogens with one attached hydrogen (secondary N) is 1. The fraction of sp³-hybridized carbons (Fsp3) is 0.593. The van der Waals surface area contributed by atoms with E-state index in [1.54, 1.807) is 6.20 Å². The Kier molecular flexibility index (Phi) is 5.89. The van der Waals surface area contributed by atoms with E-state index >= 15 is 0 Å². The number of piperazine rings is 1. The fourth-order valence-electron chi connectivity index (χ4n) is 6.59. The molecule has 3 aromatic rings. The Morgan fingerprint density at radius 2 is 1.71 bits per heavy atom. The van der Waals surface area contributed by atoms with Gasteiger partial charge in [0.15, 0.2) is 0 Å². The highest BCUT2D eigenvalue weighted by molar-refractivity contribution is 6.07.